The summed E-state index contributed by atoms with van der Waals surface area (Å²) in [6.45, 7) is 12.6. The van der Waals surface area contributed by atoms with Crippen molar-refractivity contribution >= 4 is 52.4 Å². The summed E-state index contributed by atoms with van der Waals surface area (Å²) in [6, 6.07) is 16.1. The number of esters is 1. The molecular weight excluding hydrogens is 498 g/mol. The van der Waals surface area contributed by atoms with E-state index in [1.807, 2.05) is 36.4 Å². The quantitative estimate of drug-likeness (QED) is 0.232. The van der Waals surface area contributed by atoms with Crippen LogP contribution in [0.2, 0.25) is 0 Å². The van der Waals surface area contributed by atoms with Crippen LogP contribution in [0.5, 0.6) is 0 Å². The zero-order valence-corrected chi connectivity index (χ0v) is 23.6. The Kier molecular flexibility index (Phi) is 8.96. The Morgan fingerprint density at radius 1 is 1.00 bits per heavy atom. The number of likely N-dealkylation sites (N-methyl/N-ethyl adjacent to an activating group) is 1. The number of nitrogens with zero attached hydrogens (tertiary/aromatic N) is 4. The summed E-state index contributed by atoms with van der Waals surface area (Å²) in [5.41, 5.74) is 4.06. The Hall–Kier alpha value is -3.50. The maximum absolute atomic E-state index is 12.6. The lowest BCUT2D eigenvalue weighted by atomic mass is 10.2. The molecule has 0 spiro atoms. The van der Waals surface area contributed by atoms with Crippen LogP contribution in [0.3, 0.4) is 0 Å². The Labute approximate surface area is 229 Å². The molecule has 0 bridgehead atoms. The Bertz CT molecular complexity index is 1220. The standard InChI is InChI=1S/C28H37N7O2S/c1-6-37-26(36)24-19-29-27(31-20-10-12-23(13-11-20)35-16-14-34(5)15-17-35)32-25(24)30-21-8-7-9-22(18-21)33-38-28(2,3)4/h7-13,18-19,33H,6,14-17H2,1-5H3,(H2,29,30,31,32). The van der Waals surface area contributed by atoms with E-state index in [2.05, 4.69) is 75.1 Å². The molecule has 3 N–H and O–H groups in total. The minimum Gasteiger partial charge on any atom is -0.462 e. The number of hydrogen-bond donors (Lipinski definition) is 3. The van der Waals surface area contributed by atoms with Crippen LogP contribution in [0, 0.1) is 0 Å². The molecule has 3 aromatic rings. The average molecular weight is 536 g/mol. The third-order valence-electron chi connectivity index (χ3n) is 5.88. The highest BCUT2D eigenvalue weighted by atomic mass is 32.2. The van der Waals surface area contributed by atoms with Gasteiger partial charge in [-0.3, -0.25) is 0 Å². The summed E-state index contributed by atoms with van der Waals surface area (Å²) >= 11 is 1.64. The van der Waals surface area contributed by atoms with Gasteiger partial charge in [0.15, 0.2) is 5.82 Å². The molecule has 0 amide bonds. The lowest BCUT2D eigenvalue weighted by molar-refractivity contribution is 0.0526. The molecule has 9 nitrogen and oxygen atoms in total. The summed E-state index contributed by atoms with van der Waals surface area (Å²) in [4.78, 5) is 26.4. The van der Waals surface area contributed by atoms with E-state index in [1.54, 1.807) is 18.9 Å². The van der Waals surface area contributed by atoms with Crippen LogP contribution in [-0.2, 0) is 4.74 Å². The van der Waals surface area contributed by atoms with Crippen molar-refractivity contribution in [2.45, 2.75) is 32.4 Å². The van der Waals surface area contributed by atoms with Crippen LogP contribution in [0.4, 0.5) is 34.5 Å². The fourth-order valence-electron chi connectivity index (χ4n) is 3.85. The summed E-state index contributed by atoms with van der Waals surface area (Å²) in [5, 5.41) is 6.54. The van der Waals surface area contributed by atoms with Gasteiger partial charge in [-0.2, -0.15) is 4.98 Å². The van der Waals surface area contributed by atoms with Crippen LogP contribution in [0.1, 0.15) is 38.1 Å². The minimum atomic E-state index is -0.476. The van der Waals surface area contributed by atoms with Gasteiger partial charge in [-0.05, 0) is 89.2 Å². The molecular formula is C28H37N7O2S. The molecule has 0 saturated carbocycles. The SMILES string of the molecule is CCOC(=O)c1cnc(Nc2ccc(N3CCN(C)CC3)cc2)nc1Nc1cccc(NSC(C)(C)C)c1. The van der Waals surface area contributed by atoms with Crippen LogP contribution in [-0.4, -0.2) is 65.4 Å². The number of nitrogens with one attached hydrogen (secondary N) is 3. The first-order valence-electron chi connectivity index (χ1n) is 12.9. The molecule has 1 aliphatic rings. The van der Waals surface area contributed by atoms with Gasteiger partial charge in [0, 0.05) is 59.9 Å². The Balaban J connectivity index is 1.51. The molecule has 0 atom stereocenters. The van der Waals surface area contributed by atoms with Gasteiger partial charge >= 0.3 is 5.97 Å². The average Bonchev–Trinajstić information content (AvgIpc) is 2.89. The zero-order chi connectivity index (χ0) is 27.1. The maximum Gasteiger partial charge on any atom is 0.343 e. The van der Waals surface area contributed by atoms with Gasteiger partial charge in [-0.25, -0.2) is 9.78 Å². The van der Waals surface area contributed by atoms with Crippen molar-refractivity contribution in [3.05, 3.63) is 60.3 Å². The fourth-order valence-corrected chi connectivity index (χ4v) is 4.41. The van der Waals surface area contributed by atoms with E-state index < -0.39 is 5.97 Å². The van der Waals surface area contributed by atoms with E-state index in [0.29, 0.717) is 11.8 Å². The second-order valence-electron chi connectivity index (χ2n) is 10.2. The molecule has 2 aromatic carbocycles. The molecule has 1 fully saturated rings. The van der Waals surface area contributed by atoms with E-state index in [9.17, 15) is 4.79 Å². The van der Waals surface area contributed by atoms with Gasteiger partial charge in [-0.1, -0.05) is 6.07 Å². The summed E-state index contributed by atoms with van der Waals surface area (Å²) in [5.74, 6) is 0.275. The number of hydrogen-bond acceptors (Lipinski definition) is 10. The van der Waals surface area contributed by atoms with Gasteiger partial charge in [0.1, 0.15) is 5.56 Å². The van der Waals surface area contributed by atoms with Crippen LogP contribution in [0.15, 0.2) is 54.7 Å². The summed E-state index contributed by atoms with van der Waals surface area (Å²) < 4.78 is 8.68. The largest absolute Gasteiger partial charge is 0.462 e. The molecule has 2 heterocycles. The highest BCUT2D eigenvalue weighted by molar-refractivity contribution is 8.01. The highest BCUT2D eigenvalue weighted by Gasteiger charge is 2.18. The molecule has 10 heteroatoms. The monoisotopic (exact) mass is 535 g/mol. The number of carbonyl (C=O) groups is 1. The van der Waals surface area contributed by atoms with Crippen molar-refractivity contribution in [2.24, 2.45) is 0 Å². The van der Waals surface area contributed by atoms with Crippen LogP contribution < -0.4 is 20.3 Å². The van der Waals surface area contributed by atoms with E-state index in [4.69, 9.17) is 4.74 Å². The van der Waals surface area contributed by atoms with Gasteiger partial charge < -0.3 is 29.9 Å². The summed E-state index contributed by atoms with van der Waals surface area (Å²) in [6.07, 6.45) is 1.49. The molecule has 4 rings (SSSR count). The first-order chi connectivity index (χ1) is 18.2. The van der Waals surface area contributed by atoms with Crippen molar-refractivity contribution in [3.63, 3.8) is 0 Å². The van der Waals surface area contributed by atoms with Gasteiger partial charge in [0.05, 0.1) is 6.61 Å². The Morgan fingerprint density at radius 3 is 2.39 bits per heavy atom. The number of benzene rings is 2. The van der Waals surface area contributed by atoms with E-state index >= 15 is 0 Å². The van der Waals surface area contributed by atoms with E-state index in [-0.39, 0.29) is 16.9 Å². The Morgan fingerprint density at radius 2 is 1.71 bits per heavy atom. The second kappa shape index (κ2) is 12.4. The fraction of sp³-hybridized carbons (Fsp3) is 0.393. The molecule has 1 aliphatic heterocycles. The van der Waals surface area contributed by atoms with Crippen molar-refractivity contribution < 1.29 is 9.53 Å². The third kappa shape index (κ3) is 7.75. The predicted octanol–water partition coefficient (Wildman–Crippen LogP) is 5.75. The number of ether oxygens (including phenoxy) is 1. The molecule has 1 aromatic heterocycles. The number of aromatic nitrogens is 2. The van der Waals surface area contributed by atoms with Gasteiger partial charge in [0.2, 0.25) is 5.95 Å². The van der Waals surface area contributed by atoms with Crippen molar-refractivity contribution in [3.8, 4) is 0 Å². The van der Waals surface area contributed by atoms with Crippen molar-refractivity contribution in [2.75, 3.05) is 60.1 Å². The normalized spacial score (nSPS) is 14.2. The third-order valence-corrected chi connectivity index (χ3v) is 6.83. The molecule has 38 heavy (non-hydrogen) atoms. The lowest BCUT2D eigenvalue weighted by Crippen LogP contribution is -2.44. The van der Waals surface area contributed by atoms with Gasteiger partial charge in [0.25, 0.3) is 0 Å². The van der Waals surface area contributed by atoms with E-state index in [0.717, 1.165) is 43.2 Å². The molecule has 1 saturated heterocycles. The van der Waals surface area contributed by atoms with Crippen molar-refractivity contribution in [1.29, 1.82) is 0 Å². The topological polar surface area (TPSA) is 94.7 Å². The first-order valence-corrected chi connectivity index (χ1v) is 13.7. The summed E-state index contributed by atoms with van der Waals surface area (Å²) in [7, 11) is 2.15. The maximum atomic E-state index is 12.6. The number of carbonyl (C=O) groups excluding carboxylic acids is 1. The minimum absolute atomic E-state index is 0.0659. The molecule has 202 valence electrons. The van der Waals surface area contributed by atoms with E-state index in [1.165, 1.54) is 11.9 Å². The smallest absolute Gasteiger partial charge is 0.343 e. The predicted molar refractivity (Wildman–Crippen MR) is 158 cm³/mol. The number of rotatable bonds is 9. The van der Waals surface area contributed by atoms with Crippen LogP contribution in [0.25, 0.3) is 0 Å². The van der Waals surface area contributed by atoms with Gasteiger partial charge in [-0.15, -0.1) is 0 Å². The second-order valence-corrected chi connectivity index (χ2v) is 11.8. The molecule has 0 aliphatic carbocycles. The molecule has 0 radical (unpaired) electrons. The molecule has 0 unspecified atom stereocenters. The first kappa shape index (κ1) is 27.5. The highest BCUT2D eigenvalue weighted by Crippen LogP contribution is 2.29. The number of piperazine rings is 1. The lowest BCUT2D eigenvalue weighted by Gasteiger charge is -2.34. The zero-order valence-electron chi connectivity index (χ0n) is 22.7. The number of anilines is 6. The van der Waals surface area contributed by atoms with Crippen molar-refractivity contribution in [1.82, 2.24) is 14.9 Å². The van der Waals surface area contributed by atoms with Crippen LogP contribution >= 0.6 is 11.9 Å².